The van der Waals surface area contributed by atoms with Gasteiger partial charge < -0.3 is 10.5 Å². The highest BCUT2D eigenvalue weighted by Gasteiger charge is 2.46. The first-order valence-electron chi connectivity index (χ1n) is 9.22. The van der Waals surface area contributed by atoms with Crippen molar-refractivity contribution in [1.29, 1.82) is 0 Å². The van der Waals surface area contributed by atoms with Crippen molar-refractivity contribution in [2.45, 2.75) is 25.0 Å². The number of carbonyl (C=O) groups is 2. The van der Waals surface area contributed by atoms with Gasteiger partial charge >= 0.3 is 6.09 Å². The van der Waals surface area contributed by atoms with Crippen molar-refractivity contribution in [3.63, 3.8) is 0 Å². The van der Waals surface area contributed by atoms with Gasteiger partial charge in [0.25, 0.3) is 0 Å². The molecule has 1 saturated heterocycles. The topological polar surface area (TPSA) is 75.9 Å². The van der Waals surface area contributed by atoms with Gasteiger partial charge in [-0.1, -0.05) is 48.5 Å². The lowest BCUT2D eigenvalue weighted by atomic mass is 9.82. The van der Waals surface area contributed by atoms with E-state index in [4.69, 9.17) is 10.5 Å². The molecule has 2 heterocycles. The molecule has 6 nitrogen and oxygen atoms in total. The Morgan fingerprint density at radius 2 is 1.70 bits per heavy atom. The molecular formula is C21H23N3O3. The van der Waals surface area contributed by atoms with Crippen molar-refractivity contribution in [3.05, 3.63) is 65.7 Å². The second-order valence-electron chi connectivity index (χ2n) is 7.19. The zero-order chi connectivity index (χ0) is 18.9. The molecule has 2 aromatic carbocycles. The molecule has 6 heteroatoms. The van der Waals surface area contributed by atoms with E-state index in [0.29, 0.717) is 32.5 Å². The zero-order valence-corrected chi connectivity index (χ0v) is 15.1. The average Bonchev–Trinajstić information content (AvgIpc) is 2.67. The van der Waals surface area contributed by atoms with Crippen molar-refractivity contribution in [2.75, 3.05) is 24.5 Å². The van der Waals surface area contributed by atoms with E-state index in [0.717, 1.165) is 16.8 Å². The van der Waals surface area contributed by atoms with Crippen molar-refractivity contribution in [2.24, 2.45) is 5.73 Å². The first-order valence-corrected chi connectivity index (χ1v) is 9.22. The Morgan fingerprint density at radius 1 is 1.04 bits per heavy atom. The third-order valence-electron chi connectivity index (χ3n) is 5.42. The molecular weight excluding hydrogens is 342 g/mol. The summed E-state index contributed by atoms with van der Waals surface area (Å²) in [6, 6.07) is 17.9. The molecule has 0 bridgehead atoms. The number of piperidine rings is 1. The van der Waals surface area contributed by atoms with Gasteiger partial charge in [-0.3, -0.25) is 14.6 Å². The molecule has 0 atom stereocenters. The first-order chi connectivity index (χ1) is 13.1. The molecule has 0 unspecified atom stereocenters. The number of rotatable bonds is 4. The van der Waals surface area contributed by atoms with E-state index in [9.17, 15) is 9.59 Å². The summed E-state index contributed by atoms with van der Waals surface area (Å²) in [5.74, 6) is -0.332. The van der Waals surface area contributed by atoms with E-state index < -0.39 is 5.60 Å². The number of amides is 2. The Kier molecular flexibility index (Phi) is 4.58. The number of ether oxygens (including phenoxy) is 1. The zero-order valence-electron chi connectivity index (χ0n) is 15.1. The van der Waals surface area contributed by atoms with Crippen LogP contribution in [0.15, 0.2) is 54.6 Å². The molecule has 0 radical (unpaired) electrons. The Balaban J connectivity index is 1.62. The number of fused-ring (bicyclic) bond motifs is 2. The van der Waals surface area contributed by atoms with E-state index in [1.54, 1.807) is 4.90 Å². The number of para-hydroxylation sites is 1. The summed E-state index contributed by atoms with van der Waals surface area (Å²) >= 11 is 0. The van der Waals surface area contributed by atoms with Crippen molar-refractivity contribution in [1.82, 2.24) is 4.90 Å². The predicted octanol–water partition coefficient (Wildman–Crippen LogP) is 2.62. The third kappa shape index (κ3) is 3.40. The van der Waals surface area contributed by atoms with Gasteiger partial charge in [-0.05, 0) is 11.6 Å². The molecule has 0 saturated carbocycles. The van der Waals surface area contributed by atoms with Gasteiger partial charge in [0.1, 0.15) is 5.60 Å². The molecule has 0 aromatic heterocycles. The van der Waals surface area contributed by atoms with Crippen LogP contribution < -0.4 is 10.6 Å². The summed E-state index contributed by atoms with van der Waals surface area (Å²) in [5, 5.41) is 0. The third-order valence-corrected chi connectivity index (χ3v) is 5.42. The summed E-state index contributed by atoms with van der Waals surface area (Å²) in [4.78, 5) is 27.8. The number of likely N-dealkylation sites (tertiary alicyclic amines) is 1. The fourth-order valence-electron chi connectivity index (χ4n) is 4.05. The number of primary amides is 1. The predicted molar refractivity (Wildman–Crippen MR) is 102 cm³/mol. The summed E-state index contributed by atoms with van der Waals surface area (Å²) in [6.45, 7) is 2.05. The Hall–Kier alpha value is -2.86. The Labute approximate surface area is 158 Å². The monoisotopic (exact) mass is 365 g/mol. The fourth-order valence-corrected chi connectivity index (χ4v) is 4.05. The van der Waals surface area contributed by atoms with Crippen LogP contribution >= 0.6 is 0 Å². The maximum Gasteiger partial charge on any atom is 0.415 e. The maximum atomic E-state index is 12.9. The number of carbonyl (C=O) groups excluding carboxylic acids is 2. The van der Waals surface area contributed by atoms with Crippen LogP contribution in [0.5, 0.6) is 0 Å². The number of benzene rings is 2. The maximum absolute atomic E-state index is 12.9. The molecule has 1 spiro atoms. The molecule has 140 valence electrons. The summed E-state index contributed by atoms with van der Waals surface area (Å²) in [7, 11) is 0. The highest BCUT2D eigenvalue weighted by molar-refractivity contribution is 5.91. The number of hydrogen-bond donors (Lipinski definition) is 1. The smallest absolute Gasteiger partial charge is 0.415 e. The SMILES string of the molecule is NC(=O)CN1CCC2(CC1)OC(=O)N(Cc1ccccc1)c1ccccc12. The van der Waals surface area contributed by atoms with Gasteiger partial charge in [0.2, 0.25) is 5.91 Å². The molecule has 4 rings (SSSR count). The van der Waals surface area contributed by atoms with Crippen LogP contribution in [0.3, 0.4) is 0 Å². The van der Waals surface area contributed by atoms with Crippen LogP contribution in [-0.4, -0.2) is 36.5 Å². The van der Waals surface area contributed by atoms with Gasteiger partial charge in [0.15, 0.2) is 0 Å². The Bertz CT molecular complexity index is 845. The minimum atomic E-state index is -0.630. The minimum absolute atomic E-state index is 0.242. The molecule has 2 amide bonds. The highest BCUT2D eigenvalue weighted by Crippen LogP contribution is 2.45. The van der Waals surface area contributed by atoms with E-state index in [-0.39, 0.29) is 18.5 Å². The lowest BCUT2D eigenvalue weighted by Gasteiger charge is -2.46. The van der Waals surface area contributed by atoms with E-state index in [1.165, 1.54) is 0 Å². The van der Waals surface area contributed by atoms with Crippen LogP contribution in [-0.2, 0) is 21.7 Å². The van der Waals surface area contributed by atoms with Crippen LogP contribution in [0.4, 0.5) is 10.5 Å². The normalized spacial score (nSPS) is 18.8. The molecule has 2 aliphatic heterocycles. The van der Waals surface area contributed by atoms with Gasteiger partial charge in [-0.2, -0.15) is 0 Å². The lowest BCUT2D eigenvalue weighted by Crippen LogP contribution is -2.52. The number of anilines is 1. The largest absolute Gasteiger partial charge is 0.437 e. The summed E-state index contributed by atoms with van der Waals surface area (Å²) in [5.41, 5.74) is 7.68. The highest BCUT2D eigenvalue weighted by atomic mass is 16.6. The van der Waals surface area contributed by atoms with E-state index >= 15 is 0 Å². The fraction of sp³-hybridized carbons (Fsp3) is 0.333. The van der Waals surface area contributed by atoms with Crippen LogP contribution in [0.25, 0.3) is 0 Å². The number of hydrogen-bond acceptors (Lipinski definition) is 4. The molecule has 2 N–H and O–H groups in total. The van der Waals surface area contributed by atoms with E-state index in [1.807, 2.05) is 59.5 Å². The molecule has 0 aliphatic carbocycles. The molecule has 1 fully saturated rings. The molecule has 2 aliphatic rings. The first kappa shape index (κ1) is 17.5. The lowest BCUT2D eigenvalue weighted by molar-refractivity contribution is -0.120. The van der Waals surface area contributed by atoms with Gasteiger partial charge in [0, 0.05) is 31.5 Å². The van der Waals surface area contributed by atoms with Crippen molar-refractivity contribution >= 4 is 17.7 Å². The van der Waals surface area contributed by atoms with E-state index in [2.05, 4.69) is 0 Å². The van der Waals surface area contributed by atoms with Crippen molar-refractivity contribution in [3.8, 4) is 0 Å². The summed E-state index contributed by atoms with van der Waals surface area (Å²) in [6.07, 6.45) is 0.991. The quantitative estimate of drug-likeness (QED) is 0.904. The second-order valence-corrected chi connectivity index (χ2v) is 7.19. The van der Waals surface area contributed by atoms with Crippen LogP contribution in [0.2, 0.25) is 0 Å². The van der Waals surface area contributed by atoms with Gasteiger partial charge in [0.05, 0.1) is 18.8 Å². The molecule has 27 heavy (non-hydrogen) atoms. The summed E-state index contributed by atoms with van der Waals surface area (Å²) < 4.78 is 6.02. The van der Waals surface area contributed by atoms with Crippen LogP contribution in [0.1, 0.15) is 24.0 Å². The van der Waals surface area contributed by atoms with Crippen molar-refractivity contribution < 1.29 is 14.3 Å². The minimum Gasteiger partial charge on any atom is -0.437 e. The molecule has 2 aromatic rings. The standard InChI is InChI=1S/C21H23N3O3/c22-19(25)15-23-12-10-21(11-13-23)17-8-4-5-9-18(17)24(20(26)27-21)14-16-6-2-1-3-7-16/h1-9H,10-15H2,(H2,22,25). The average molecular weight is 365 g/mol. The second kappa shape index (κ2) is 7.04. The number of nitrogens with two attached hydrogens (primary N) is 1. The van der Waals surface area contributed by atoms with Gasteiger partial charge in [-0.15, -0.1) is 0 Å². The van der Waals surface area contributed by atoms with Gasteiger partial charge in [-0.25, -0.2) is 4.79 Å². The van der Waals surface area contributed by atoms with Crippen LogP contribution in [0, 0.1) is 0 Å². The number of nitrogens with zero attached hydrogens (tertiary/aromatic N) is 2. The Morgan fingerprint density at radius 3 is 2.41 bits per heavy atom.